The summed E-state index contributed by atoms with van der Waals surface area (Å²) in [4.78, 5) is 29.3. The second-order valence-electron chi connectivity index (χ2n) is 11.1. The van der Waals surface area contributed by atoms with Crippen molar-refractivity contribution in [1.29, 1.82) is 0 Å². The van der Waals surface area contributed by atoms with Crippen LogP contribution >= 0.6 is 0 Å². The molecule has 1 atom stereocenters. The van der Waals surface area contributed by atoms with Gasteiger partial charge in [-0.25, -0.2) is 17.8 Å². The normalized spacial score (nSPS) is 12.8. The number of hydrogen-bond acceptors (Lipinski definition) is 9. The van der Waals surface area contributed by atoms with Crippen LogP contribution in [-0.4, -0.2) is 59.9 Å². The van der Waals surface area contributed by atoms with E-state index in [0.717, 1.165) is 33.5 Å². The third-order valence-electron chi connectivity index (χ3n) is 7.12. The Labute approximate surface area is 280 Å². The lowest BCUT2D eigenvalue weighted by Gasteiger charge is -2.23. The summed E-state index contributed by atoms with van der Waals surface area (Å²) in [7, 11) is -3.37. The lowest BCUT2D eigenvalue weighted by Crippen LogP contribution is -2.50. The lowest BCUT2D eigenvalue weighted by atomic mass is 10.1. The third-order valence-corrected chi connectivity index (χ3v) is 8.48. The van der Waals surface area contributed by atoms with Crippen LogP contribution in [0.2, 0.25) is 0 Å². The topological polar surface area (TPSA) is 158 Å². The molecule has 0 aliphatic rings. The van der Waals surface area contributed by atoms with Crippen LogP contribution in [0.25, 0.3) is 16.9 Å². The number of halogens is 3. The smallest absolute Gasteiger partial charge is 0.435 e. The van der Waals surface area contributed by atoms with Crippen LogP contribution in [0.3, 0.4) is 0 Å². The number of hydrazine groups is 1. The summed E-state index contributed by atoms with van der Waals surface area (Å²) in [5.74, 6) is -2.14. The summed E-state index contributed by atoms with van der Waals surface area (Å²) in [6.07, 6.45) is -4.86. The molecular weight excluding hydrogens is 669 g/mol. The average Bonchev–Trinajstić information content (AvgIpc) is 3.52. The molecule has 1 N–H and O–H groups in total. The molecule has 0 saturated carbocycles. The highest BCUT2D eigenvalue weighted by atomic mass is 32.2. The standard InChI is InChI=1S/C32H33F3N6O7S/c1-21(2)31(43)47-20-48-38-41(44)39(4)28(18-23-8-6-5-7-9-23)30(42)37-49(45,46)26-16-14-25(15-17-26)40-27(19-29(36-40)32(33,34)35)24-12-10-22(3)11-13-24/h5-17,19,21,28H,18,20H2,1-4H3,(H,37,42)/t28-/m0/s1. The summed E-state index contributed by atoms with van der Waals surface area (Å²) in [6, 6.07) is 19.4. The molecule has 49 heavy (non-hydrogen) atoms. The van der Waals surface area contributed by atoms with Gasteiger partial charge in [-0.1, -0.05) is 74.0 Å². The number of aryl methyl sites for hydroxylation is 1. The van der Waals surface area contributed by atoms with Crippen molar-refractivity contribution in [3.05, 3.63) is 107 Å². The Hall–Kier alpha value is -5.45. The first-order valence-electron chi connectivity index (χ1n) is 14.7. The van der Waals surface area contributed by atoms with Crippen molar-refractivity contribution < 1.29 is 45.7 Å². The highest BCUT2D eigenvalue weighted by Crippen LogP contribution is 2.33. The number of nitrogens with zero attached hydrogens (tertiary/aromatic N) is 5. The number of carbonyl (C=O) groups is 2. The van der Waals surface area contributed by atoms with Crippen molar-refractivity contribution in [3.63, 3.8) is 0 Å². The fourth-order valence-electron chi connectivity index (χ4n) is 4.41. The SMILES string of the molecule is Cc1ccc(-c2cc(C(F)(F)F)nn2-c2ccc(S(=O)(=O)NC(=O)[C@H](Cc3ccccc3)N(C)[N+]([O-])=NOCOC(=O)C(C)C)cc2)cc1. The highest BCUT2D eigenvalue weighted by Gasteiger charge is 2.36. The van der Waals surface area contributed by atoms with Gasteiger partial charge in [-0.2, -0.15) is 18.3 Å². The van der Waals surface area contributed by atoms with Crippen LogP contribution < -0.4 is 4.72 Å². The number of carbonyl (C=O) groups excluding carboxylic acids is 2. The van der Waals surface area contributed by atoms with Gasteiger partial charge in [0.15, 0.2) is 11.7 Å². The van der Waals surface area contributed by atoms with E-state index in [9.17, 15) is 36.4 Å². The summed E-state index contributed by atoms with van der Waals surface area (Å²) in [6.45, 7) is 4.35. The lowest BCUT2D eigenvalue weighted by molar-refractivity contribution is -0.710. The number of benzene rings is 3. The third kappa shape index (κ3) is 9.34. The van der Waals surface area contributed by atoms with Crippen molar-refractivity contribution in [2.24, 2.45) is 11.2 Å². The van der Waals surface area contributed by atoms with Crippen molar-refractivity contribution in [2.45, 2.75) is 44.3 Å². The number of ether oxygens (including phenoxy) is 1. The van der Waals surface area contributed by atoms with Crippen LogP contribution in [0, 0.1) is 18.0 Å². The van der Waals surface area contributed by atoms with Gasteiger partial charge in [-0.15, -0.1) is 5.01 Å². The first kappa shape index (κ1) is 36.4. The Bertz CT molecular complexity index is 1900. The molecule has 0 spiro atoms. The molecule has 3 aromatic carbocycles. The molecule has 17 heteroatoms. The molecule has 4 rings (SSSR count). The molecule has 1 heterocycles. The van der Waals surface area contributed by atoms with Crippen molar-refractivity contribution in [1.82, 2.24) is 19.5 Å². The fourth-order valence-corrected chi connectivity index (χ4v) is 5.42. The zero-order valence-corrected chi connectivity index (χ0v) is 27.6. The number of hydrogen-bond donors (Lipinski definition) is 1. The van der Waals surface area contributed by atoms with Gasteiger partial charge in [0.2, 0.25) is 5.28 Å². The Balaban J connectivity index is 1.57. The summed E-state index contributed by atoms with van der Waals surface area (Å²) >= 11 is 0. The molecule has 1 aromatic heterocycles. The van der Waals surface area contributed by atoms with Crippen LogP contribution in [0.15, 0.2) is 95.1 Å². The first-order valence-corrected chi connectivity index (χ1v) is 16.2. The molecule has 0 fully saturated rings. The molecule has 0 saturated heterocycles. The van der Waals surface area contributed by atoms with E-state index in [1.807, 2.05) is 11.6 Å². The van der Waals surface area contributed by atoms with E-state index < -0.39 is 52.5 Å². The molecule has 260 valence electrons. The molecule has 0 unspecified atom stereocenters. The number of nitrogens with one attached hydrogen (secondary N) is 1. The van der Waals surface area contributed by atoms with Gasteiger partial charge in [0.25, 0.3) is 22.7 Å². The van der Waals surface area contributed by atoms with Gasteiger partial charge in [-0.05, 0) is 42.8 Å². The number of alkyl halides is 3. The zero-order chi connectivity index (χ0) is 35.9. The zero-order valence-electron chi connectivity index (χ0n) is 26.8. The van der Waals surface area contributed by atoms with Crippen molar-refractivity contribution >= 4 is 21.9 Å². The van der Waals surface area contributed by atoms with Gasteiger partial charge in [0.1, 0.15) is 0 Å². The van der Waals surface area contributed by atoms with Crippen LogP contribution in [0.1, 0.15) is 30.7 Å². The number of rotatable bonds is 13. The highest BCUT2D eigenvalue weighted by molar-refractivity contribution is 7.90. The first-order chi connectivity index (χ1) is 23.1. The minimum Gasteiger partial charge on any atom is -0.569 e. The Morgan fingerprint density at radius 1 is 1.04 bits per heavy atom. The van der Waals surface area contributed by atoms with Gasteiger partial charge >= 0.3 is 12.1 Å². The van der Waals surface area contributed by atoms with Gasteiger partial charge in [0, 0.05) is 12.0 Å². The summed E-state index contributed by atoms with van der Waals surface area (Å²) in [5.41, 5.74) is 1.04. The molecule has 0 aliphatic carbocycles. The average molecular weight is 703 g/mol. The predicted molar refractivity (Wildman–Crippen MR) is 169 cm³/mol. The van der Waals surface area contributed by atoms with Crippen LogP contribution in [0.4, 0.5) is 13.2 Å². The second kappa shape index (κ2) is 15.2. The molecule has 4 aromatic rings. The van der Waals surface area contributed by atoms with E-state index in [1.165, 1.54) is 19.2 Å². The van der Waals surface area contributed by atoms with E-state index >= 15 is 0 Å². The molecule has 0 radical (unpaired) electrons. The van der Waals surface area contributed by atoms with Crippen molar-refractivity contribution in [2.75, 3.05) is 13.8 Å². The minimum atomic E-state index is -4.73. The van der Waals surface area contributed by atoms with Gasteiger partial charge < -0.3 is 14.8 Å². The number of amides is 1. The second-order valence-corrected chi connectivity index (χ2v) is 12.8. The predicted octanol–water partition coefficient (Wildman–Crippen LogP) is 5.18. The Morgan fingerprint density at radius 3 is 2.27 bits per heavy atom. The maximum Gasteiger partial charge on any atom is 0.435 e. The number of sulfonamides is 1. The van der Waals surface area contributed by atoms with Crippen molar-refractivity contribution in [3.8, 4) is 16.9 Å². The van der Waals surface area contributed by atoms with Gasteiger partial charge in [-0.3, -0.25) is 9.59 Å². The van der Waals surface area contributed by atoms with Crippen LogP contribution in [-0.2, 0) is 41.8 Å². The monoisotopic (exact) mass is 702 g/mol. The van der Waals surface area contributed by atoms with E-state index in [-0.39, 0.29) is 27.7 Å². The summed E-state index contributed by atoms with van der Waals surface area (Å²) < 4.78 is 75.2. The quantitative estimate of drug-likeness (QED) is 0.0495. The Morgan fingerprint density at radius 2 is 1.67 bits per heavy atom. The number of aromatic nitrogens is 2. The largest absolute Gasteiger partial charge is 0.569 e. The maximum atomic E-state index is 13.6. The Kier molecular flexibility index (Phi) is 11.3. The van der Waals surface area contributed by atoms with E-state index in [1.54, 1.807) is 68.4 Å². The molecule has 0 bridgehead atoms. The van der Waals surface area contributed by atoms with Crippen LogP contribution in [0.5, 0.6) is 0 Å². The molecule has 1 amide bonds. The summed E-state index contributed by atoms with van der Waals surface area (Å²) in [5, 5.41) is 20.4. The maximum absolute atomic E-state index is 13.6. The van der Waals surface area contributed by atoms with E-state index in [2.05, 4.69) is 10.4 Å². The number of likely N-dealkylation sites (N-methyl/N-ethyl adjacent to an activating group) is 1. The molecule has 0 aliphatic heterocycles. The molecular formula is C32H33F3N6O7S. The minimum absolute atomic E-state index is 0.0945. The van der Waals surface area contributed by atoms with Gasteiger partial charge in [0.05, 0.1) is 34.2 Å². The van der Waals surface area contributed by atoms with E-state index in [4.69, 9.17) is 9.57 Å². The number of esters is 1. The fraction of sp³-hybridized carbons (Fsp3) is 0.281. The van der Waals surface area contributed by atoms with E-state index in [0.29, 0.717) is 11.1 Å². The molecule has 13 nitrogen and oxygen atoms in total.